The molecule has 2 aromatic heterocycles. The molecule has 1 aliphatic heterocycles. The van der Waals surface area contributed by atoms with Gasteiger partial charge in [-0.2, -0.15) is 19.6 Å². The van der Waals surface area contributed by atoms with Gasteiger partial charge in [-0.1, -0.05) is 0 Å². The van der Waals surface area contributed by atoms with E-state index in [0.29, 0.717) is 30.6 Å². The van der Waals surface area contributed by atoms with Gasteiger partial charge in [0.1, 0.15) is 0 Å². The molecule has 1 amide bonds. The van der Waals surface area contributed by atoms with Crippen molar-refractivity contribution in [2.24, 2.45) is 0 Å². The fourth-order valence-electron chi connectivity index (χ4n) is 2.74. The number of methoxy groups -OCH3 is 1. The molecule has 1 aliphatic rings. The maximum Gasteiger partial charge on any atom is 0.407 e. The van der Waals surface area contributed by atoms with Crippen LogP contribution in [0.3, 0.4) is 0 Å². The summed E-state index contributed by atoms with van der Waals surface area (Å²) in [4.78, 5) is 22.1. The molecule has 0 bridgehead atoms. The van der Waals surface area contributed by atoms with E-state index >= 15 is 0 Å². The topological polar surface area (TPSA) is 143 Å². The molecule has 0 unspecified atom stereocenters. The first-order chi connectivity index (χ1) is 13.3. The van der Waals surface area contributed by atoms with Crippen LogP contribution < -0.4 is 20.3 Å². The van der Waals surface area contributed by atoms with Crippen molar-refractivity contribution < 1.29 is 17.9 Å². The first-order valence-electron chi connectivity index (χ1n) is 8.82. The normalized spacial score (nSPS) is 14.9. The molecule has 1 saturated heterocycles. The molecular weight excluding hydrogens is 388 g/mol. The smallest absolute Gasteiger partial charge is 0.407 e. The highest BCUT2D eigenvalue weighted by Crippen LogP contribution is 2.19. The summed E-state index contributed by atoms with van der Waals surface area (Å²) in [7, 11) is -2.06. The van der Waals surface area contributed by atoms with E-state index in [0.717, 1.165) is 0 Å². The fourth-order valence-corrected chi connectivity index (χ4v) is 3.95. The zero-order chi connectivity index (χ0) is 20.3. The number of rotatable bonds is 8. The second kappa shape index (κ2) is 8.14. The highest BCUT2D eigenvalue weighted by Gasteiger charge is 2.31. The number of amides is 1. The van der Waals surface area contributed by atoms with Gasteiger partial charge < -0.3 is 20.3 Å². The van der Waals surface area contributed by atoms with E-state index in [1.165, 1.54) is 11.6 Å². The predicted octanol–water partition coefficient (Wildman–Crippen LogP) is -0.591. The first-order valence-corrected chi connectivity index (χ1v) is 10.5. The first kappa shape index (κ1) is 20.1. The molecular formula is C15H24N8O4S. The molecule has 1 fully saturated rings. The van der Waals surface area contributed by atoms with Crippen LogP contribution in [-0.4, -0.2) is 78.7 Å². The Morgan fingerprint density at radius 3 is 2.79 bits per heavy atom. The van der Waals surface area contributed by atoms with Crippen LogP contribution in [0, 0.1) is 0 Å². The van der Waals surface area contributed by atoms with Crippen molar-refractivity contribution in [2.75, 3.05) is 42.7 Å². The van der Waals surface area contributed by atoms with Crippen LogP contribution in [0.2, 0.25) is 0 Å². The number of aromatic nitrogens is 4. The number of carbonyl (C=O) groups is 1. The fraction of sp³-hybridized carbons (Fsp3) is 0.600. The maximum absolute atomic E-state index is 12.0. The van der Waals surface area contributed by atoms with Gasteiger partial charge in [-0.25, -0.2) is 17.9 Å². The summed E-state index contributed by atoms with van der Waals surface area (Å²) >= 11 is 0. The third kappa shape index (κ3) is 4.78. The van der Waals surface area contributed by atoms with Crippen molar-refractivity contribution in [1.82, 2.24) is 29.6 Å². The molecule has 0 saturated carbocycles. The molecule has 2 aromatic rings. The molecule has 0 atom stereocenters. The molecule has 154 valence electrons. The van der Waals surface area contributed by atoms with Gasteiger partial charge in [0.2, 0.25) is 21.9 Å². The Morgan fingerprint density at radius 2 is 2.11 bits per heavy atom. The zero-order valence-electron chi connectivity index (χ0n) is 15.9. The number of sulfonamides is 1. The molecule has 0 spiro atoms. The molecule has 0 aromatic carbocycles. The van der Waals surface area contributed by atoms with Crippen LogP contribution in [0.5, 0.6) is 0 Å². The third-order valence-corrected chi connectivity index (χ3v) is 5.56. The summed E-state index contributed by atoms with van der Waals surface area (Å²) in [5.74, 6) is 0.776. The Labute approximate surface area is 162 Å². The number of alkyl carbamates (subject to hydrolysis) is 1. The van der Waals surface area contributed by atoms with Crippen LogP contribution in [0.15, 0.2) is 12.3 Å². The molecule has 0 aliphatic carbocycles. The number of ether oxygens (including phenoxy) is 1. The lowest BCUT2D eigenvalue weighted by molar-refractivity contribution is 0.164. The molecule has 0 radical (unpaired) electrons. The summed E-state index contributed by atoms with van der Waals surface area (Å²) < 4.78 is 32.6. The van der Waals surface area contributed by atoms with Crippen molar-refractivity contribution in [3.63, 3.8) is 0 Å². The number of nitrogens with one attached hydrogen (secondary N) is 3. The van der Waals surface area contributed by atoms with Gasteiger partial charge in [-0.05, 0) is 13.8 Å². The van der Waals surface area contributed by atoms with Gasteiger partial charge in [0, 0.05) is 31.7 Å². The quantitative estimate of drug-likeness (QED) is 0.518. The number of carbonyl (C=O) groups excluding carboxylic acids is 1. The van der Waals surface area contributed by atoms with E-state index < -0.39 is 16.1 Å². The van der Waals surface area contributed by atoms with Gasteiger partial charge in [0.05, 0.1) is 25.1 Å². The van der Waals surface area contributed by atoms with Crippen molar-refractivity contribution in [3.05, 3.63) is 12.3 Å². The highest BCUT2D eigenvalue weighted by molar-refractivity contribution is 7.89. The third-order valence-electron chi connectivity index (χ3n) is 3.98. The molecule has 28 heavy (non-hydrogen) atoms. The molecule has 12 nitrogen and oxygen atoms in total. The number of anilines is 2. The van der Waals surface area contributed by atoms with Gasteiger partial charge >= 0.3 is 6.09 Å². The monoisotopic (exact) mass is 412 g/mol. The number of fused-ring (bicyclic) bond motifs is 1. The van der Waals surface area contributed by atoms with Crippen LogP contribution in [0.1, 0.15) is 13.8 Å². The van der Waals surface area contributed by atoms with Crippen LogP contribution in [0.25, 0.3) is 5.65 Å². The Bertz CT molecular complexity index is 939. The highest BCUT2D eigenvalue weighted by atomic mass is 32.2. The number of nitrogens with zero attached hydrogens (tertiary/aromatic N) is 5. The lowest BCUT2D eigenvalue weighted by Gasteiger charge is -2.39. The maximum atomic E-state index is 12.0. The Balaban J connectivity index is 1.66. The molecule has 3 heterocycles. The van der Waals surface area contributed by atoms with E-state index in [9.17, 15) is 13.2 Å². The minimum Gasteiger partial charge on any atom is -0.453 e. The SMILES string of the molecule is COC(=O)NC1CN(c2nc(NCCS(=O)(=O)NC(C)C)n3nccc3n2)C1. The summed E-state index contributed by atoms with van der Waals surface area (Å²) in [6.45, 7) is 4.80. The van der Waals surface area contributed by atoms with E-state index in [2.05, 4.69) is 35.2 Å². The van der Waals surface area contributed by atoms with Gasteiger partial charge in [0.15, 0.2) is 5.65 Å². The predicted molar refractivity (Wildman–Crippen MR) is 103 cm³/mol. The summed E-state index contributed by atoms with van der Waals surface area (Å²) in [6, 6.07) is 1.53. The van der Waals surface area contributed by atoms with Crippen molar-refractivity contribution in [1.29, 1.82) is 0 Å². The van der Waals surface area contributed by atoms with Gasteiger partial charge in [-0.3, -0.25) is 0 Å². The standard InChI is InChI=1S/C15H24N8O4S/c1-10(2)21-28(25,26)7-6-16-13-20-14(19-12-4-5-17-23(12)13)22-8-11(9-22)18-15(24)27-3/h4-5,10-11,21H,6-9H2,1-3H3,(H,18,24)(H,16,19,20). The average molecular weight is 412 g/mol. The summed E-state index contributed by atoms with van der Waals surface area (Å²) in [5, 5.41) is 9.89. The van der Waals surface area contributed by atoms with E-state index in [1.54, 1.807) is 26.1 Å². The molecule has 3 N–H and O–H groups in total. The van der Waals surface area contributed by atoms with Gasteiger partial charge in [-0.15, -0.1) is 0 Å². The number of hydrogen-bond acceptors (Lipinski definition) is 9. The van der Waals surface area contributed by atoms with Crippen molar-refractivity contribution in [2.45, 2.75) is 25.9 Å². The van der Waals surface area contributed by atoms with Crippen LogP contribution in [0.4, 0.5) is 16.7 Å². The second-order valence-corrected chi connectivity index (χ2v) is 8.58. The summed E-state index contributed by atoms with van der Waals surface area (Å²) in [6.07, 6.45) is 1.11. The Hall–Kier alpha value is -2.67. The average Bonchev–Trinajstić information content (AvgIpc) is 3.04. The summed E-state index contributed by atoms with van der Waals surface area (Å²) in [5.41, 5.74) is 0.583. The lowest BCUT2D eigenvalue weighted by atomic mass is 10.1. The van der Waals surface area contributed by atoms with E-state index in [1.807, 2.05) is 4.90 Å². The molecule has 3 rings (SSSR count). The Kier molecular flexibility index (Phi) is 5.84. The van der Waals surface area contributed by atoms with Gasteiger partial charge in [0.25, 0.3) is 0 Å². The zero-order valence-corrected chi connectivity index (χ0v) is 16.7. The number of hydrogen-bond donors (Lipinski definition) is 3. The Morgan fingerprint density at radius 1 is 1.36 bits per heavy atom. The minimum absolute atomic E-state index is 0.0409. The van der Waals surface area contributed by atoms with E-state index in [4.69, 9.17) is 0 Å². The van der Waals surface area contributed by atoms with Crippen LogP contribution >= 0.6 is 0 Å². The van der Waals surface area contributed by atoms with Crippen molar-refractivity contribution in [3.8, 4) is 0 Å². The largest absolute Gasteiger partial charge is 0.453 e. The van der Waals surface area contributed by atoms with E-state index in [-0.39, 0.29) is 24.4 Å². The van der Waals surface area contributed by atoms with Crippen LogP contribution in [-0.2, 0) is 14.8 Å². The van der Waals surface area contributed by atoms with Crippen molar-refractivity contribution >= 4 is 33.7 Å². The minimum atomic E-state index is -3.38. The molecule has 13 heteroatoms. The lowest BCUT2D eigenvalue weighted by Crippen LogP contribution is -2.60. The second-order valence-electron chi connectivity index (χ2n) is 6.70.